The highest BCUT2D eigenvalue weighted by atomic mass is 16.5. The number of hydrogen-bond donors (Lipinski definition) is 1. The van der Waals surface area contributed by atoms with Gasteiger partial charge >= 0.3 is 5.97 Å². The smallest absolute Gasteiger partial charge is 0.356 e. The molecule has 0 fully saturated rings. The van der Waals surface area contributed by atoms with E-state index in [2.05, 4.69) is 25.0 Å². The fourth-order valence-electron chi connectivity index (χ4n) is 2.18. The Kier molecular flexibility index (Phi) is 4.51. The summed E-state index contributed by atoms with van der Waals surface area (Å²) in [5.74, 6) is -0.317. The van der Waals surface area contributed by atoms with E-state index in [0.717, 1.165) is 5.56 Å². The summed E-state index contributed by atoms with van der Waals surface area (Å²) in [5, 5.41) is 2.70. The highest BCUT2D eigenvalue weighted by molar-refractivity contribution is 6.03. The number of pyridine rings is 2. The lowest BCUT2D eigenvalue weighted by Gasteiger charge is -2.08. The molecule has 3 rings (SSSR count). The number of nitrogens with one attached hydrogen (secondary N) is 1. The highest BCUT2D eigenvalue weighted by Gasteiger charge is 2.12. The van der Waals surface area contributed by atoms with E-state index >= 15 is 0 Å². The molecule has 0 saturated heterocycles. The zero-order chi connectivity index (χ0) is 17.8. The Hall–Kier alpha value is -3.55. The third-order valence-corrected chi connectivity index (χ3v) is 3.37. The molecule has 0 radical (unpaired) electrons. The van der Waals surface area contributed by atoms with Crippen molar-refractivity contribution in [2.24, 2.45) is 0 Å². The summed E-state index contributed by atoms with van der Waals surface area (Å²) >= 11 is 0. The van der Waals surface area contributed by atoms with Crippen molar-refractivity contribution < 1.29 is 14.3 Å². The first-order valence-electron chi connectivity index (χ1n) is 7.39. The van der Waals surface area contributed by atoms with Crippen LogP contribution in [0.25, 0.3) is 5.82 Å². The molecule has 0 aromatic carbocycles. The lowest BCUT2D eigenvalue weighted by atomic mass is 10.2. The number of anilines is 1. The molecule has 0 spiro atoms. The number of aryl methyl sites for hydroxylation is 1. The van der Waals surface area contributed by atoms with Gasteiger partial charge in [-0.3, -0.25) is 9.36 Å². The van der Waals surface area contributed by atoms with Crippen molar-refractivity contribution >= 4 is 17.6 Å². The summed E-state index contributed by atoms with van der Waals surface area (Å²) in [6, 6.07) is 6.59. The fraction of sp³-hybridized carbons (Fsp3) is 0.118. The highest BCUT2D eigenvalue weighted by Crippen LogP contribution is 2.13. The van der Waals surface area contributed by atoms with Gasteiger partial charge in [0, 0.05) is 12.4 Å². The van der Waals surface area contributed by atoms with Crippen LogP contribution in [-0.4, -0.2) is 38.5 Å². The van der Waals surface area contributed by atoms with Crippen LogP contribution in [0.2, 0.25) is 0 Å². The Morgan fingerprint density at radius 2 is 2.04 bits per heavy atom. The molecule has 0 unspecified atom stereocenters. The number of esters is 1. The van der Waals surface area contributed by atoms with Crippen LogP contribution in [0.1, 0.15) is 26.5 Å². The molecule has 0 aliphatic rings. The van der Waals surface area contributed by atoms with Crippen molar-refractivity contribution in [2.45, 2.75) is 6.92 Å². The van der Waals surface area contributed by atoms with Crippen molar-refractivity contribution in [3.8, 4) is 5.82 Å². The third-order valence-electron chi connectivity index (χ3n) is 3.37. The number of rotatable bonds is 4. The summed E-state index contributed by atoms with van der Waals surface area (Å²) in [4.78, 5) is 36.1. The Morgan fingerprint density at radius 1 is 1.20 bits per heavy atom. The number of ether oxygens (including phenoxy) is 1. The van der Waals surface area contributed by atoms with Gasteiger partial charge in [-0.1, -0.05) is 0 Å². The van der Waals surface area contributed by atoms with Crippen molar-refractivity contribution in [1.82, 2.24) is 19.5 Å². The van der Waals surface area contributed by atoms with E-state index in [1.807, 2.05) is 13.0 Å². The second kappa shape index (κ2) is 6.91. The van der Waals surface area contributed by atoms with Crippen molar-refractivity contribution in [1.29, 1.82) is 0 Å². The Labute approximate surface area is 143 Å². The Balaban J connectivity index is 1.80. The van der Waals surface area contributed by atoms with Crippen LogP contribution in [-0.2, 0) is 4.74 Å². The molecule has 8 heteroatoms. The normalized spacial score (nSPS) is 10.3. The van der Waals surface area contributed by atoms with E-state index in [0.29, 0.717) is 11.5 Å². The molecule has 1 amide bonds. The summed E-state index contributed by atoms with van der Waals surface area (Å²) in [6.45, 7) is 1.88. The quantitative estimate of drug-likeness (QED) is 0.731. The predicted molar refractivity (Wildman–Crippen MR) is 89.6 cm³/mol. The monoisotopic (exact) mass is 337 g/mol. The number of methoxy groups -OCH3 is 1. The van der Waals surface area contributed by atoms with Crippen LogP contribution in [0, 0.1) is 6.92 Å². The number of nitrogens with zero attached hydrogens (tertiary/aromatic N) is 4. The fourth-order valence-corrected chi connectivity index (χ4v) is 2.18. The zero-order valence-corrected chi connectivity index (χ0v) is 13.6. The molecule has 3 heterocycles. The number of carbonyl (C=O) groups excluding carboxylic acids is 2. The largest absolute Gasteiger partial charge is 0.464 e. The topological polar surface area (TPSA) is 99.0 Å². The number of aromatic nitrogens is 4. The van der Waals surface area contributed by atoms with Crippen LogP contribution in [0.3, 0.4) is 0 Å². The number of hydrogen-bond acceptors (Lipinski definition) is 6. The van der Waals surface area contributed by atoms with Gasteiger partial charge in [0.2, 0.25) is 0 Å². The van der Waals surface area contributed by atoms with Crippen molar-refractivity contribution in [3.63, 3.8) is 0 Å². The second-order valence-electron chi connectivity index (χ2n) is 5.24. The van der Waals surface area contributed by atoms with Gasteiger partial charge in [0.1, 0.15) is 23.5 Å². The molecule has 3 aromatic rings. The van der Waals surface area contributed by atoms with Gasteiger partial charge in [-0.25, -0.2) is 19.7 Å². The first kappa shape index (κ1) is 16.3. The maximum atomic E-state index is 12.4. The van der Waals surface area contributed by atoms with Gasteiger partial charge in [-0.2, -0.15) is 0 Å². The van der Waals surface area contributed by atoms with Gasteiger partial charge < -0.3 is 10.1 Å². The summed E-state index contributed by atoms with van der Waals surface area (Å²) in [6.07, 6.45) is 6.38. The van der Waals surface area contributed by atoms with Crippen LogP contribution >= 0.6 is 0 Å². The molecule has 8 nitrogen and oxygen atoms in total. The molecule has 0 atom stereocenters. The average molecular weight is 337 g/mol. The van der Waals surface area contributed by atoms with Gasteiger partial charge in [0.05, 0.1) is 19.0 Å². The first-order valence-corrected chi connectivity index (χ1v) is 7.39. The van der Waals surface area contributed by atoms with Crippen LogP contribution in [0.15, 0.2) is 49.2 Å². The molecule has 1 N–H and O–H groups in total. The second-order valence-corrected chi connectivity index (χ2v) is 5.24. The number of imidazole rings is 1. The van der Waals surface area contributed by atoms with Gasteiger partial charge in [-0.05, 0) is 36.8 Å². The predicted octanol–water partition coefficient (Wildman–Crippen LogP) is 2.01. The maximum Gasteiger partial charge on any atom is 0.356 e. The first-order chi connectivity index (χ1) is 12.1. The van der Waals surface area contributed by atoms with Crippen LogP contribution < -0.4 is 5.32 Å². The molecule has 126 valence electrons. The van der Waals surface area contributed by atoms with Gasteiger partial charge in [0.15, 0.2) is 0 Å². The Morgan fingerprint density at radius 3 is 2.68 bits per heavy atom. The lowest BCUT2D eigenvalue weighted by molar-refractivity contribution is 0.0594. The number of amides is 1. The van der Waals surface area contributed by atoms with E-state index in [4.69, 9.17) is 0 Å². The molecule has 3 aromatic heterocycles. The molecule has 0 bridgehead atoms. The standard InChI is InChI=1S/C17H15N5O3/c1-11-7-14(21-15(8-11)22-6-5-18-10-22)16(23)20-12-3-4-13(19-9-12)17(24)25-2/h3-10H,1-2H3,(H,20,23). The van der Waals surface area contributed by atoms with Crippen molar-refractivity contribution in [3.05, 3.63) is 66.1 Å². The lowest BCUT2D eigenvalue weighted by Crippen LogP contribution is -2.15. The van der Waals surface area contributed by atoms with E-state index in [1.54, 1.807) is 35.4 Å². The van der Waals surface area contributed by atoms with E-state index in [-0.39, 0.29) is 17.3 Å². The molecule has 0 aliphatic carbocycles. The van der Waals surface area contributed by atoms with E-state index in [1.165, 1.54) is 19.4 Å². The Bertz CT molecular complexity index is 905. The third kappa shape index (κ3) is 3.69. The molecule has 0 aliphatic heterocycles. The van der Waals surface area contributed by atoms with E-state index < -0.39 is 5.97 Å². The molecule has 0 saturated carbocycles. The summed E-state index contributed by atoms with van der Waals surface area (Å²) in [7, 11) is 1.28. The summed E-state index contributed by atoms with van der Waals surface area (Å²) in [5.41, 5.74) is 1.77. The molecule has 25 heavy (non-hydrogen) atoms. The minimum absolute atomic E-state index is 0.163. The van der Waals surface area contributed by atoms with Gasteiger partial charge in [0.25, 0.3) is 5.91 Å². The maximum absolute atomic E-state index is 12.4. The molecular formula is C17H15N5O3. The molecular weight excluding hydrogens is 322 g/mol. The van der Waals surface area contributed by atoms with Crippen LogP contribution in [0.4, 0.5) is 5.69 Å². The van der Waals surface area contributed by atoms with Crippen molar-refractivity contribution in [2.75, 3.05) is 12.4 Å². The zero-order valence-electron chi connectivity index (χ0n) is 13.6. The minimum Gasteiger partial charge on any atom is -0.464 e. The van der Waals surface area contributed by atoms with Gasteiger partial charge in [-0.15, -0.1) is 0 Å². The SMILES string of the molecule is COC(=O)c1ccc(NC(=O)c2cc(C)cc(-n3ccnc3)n2)cn1. The average Bonchev–Trinajstić information content (AvgIpc) is 3.16. The number of carbonyl (C=O) groups is 2. The summed E-state index contributed by atoms with van der Waals surface area (Å²) < 4.78 is 6.30. The van der Waals surface area contributed by atoms with Crippen LogP contribution in [0.5, 0.6) is 0 Å². The minimum atomic E-state index is -0.539. The van der Waals surface area contributed by atoms with E-state index in [9.17, 15) is 9.59 Å².